The molecular weight excluding hydrogens is 246 g/mol. The van der Waals surface area contributed by atoms with Crippen molar-refractivity contribution in [3.63, 3.8) is 0 Å². The molecule has 0 aliphatic carbocycles. The summed E-state index contributed by atoms with van der Waals surface area (Å²) in [6.45, 7) is 5.21. The van der Waals surface area contributed by atoms with E-state index < -0.39 is 0 Å². The lowest BCUT2D eigenvalue weighted by Crippen LogP contribution is -2.34. The van der Waals surface area contributed by atoms with E-state index in [0.29, 0.717) is 0 Å². The number of nitrogens with zero attached hydrogens (tertiary/aromatic N) is 3. The summed E-state index contributed by atoms with van der Waals surface area (Å²) in [5.41, 5.74) is 3.46. The first-order chi connectivity index (χ1) is 9.81. The van der Waals surface area contributed by atoms with Gasteiger partial charge in [-0.05, 0) is 24.6 Å². The minimum Gasteiger partial charge on any atom is -0.226 e. The van der Waals surface area contributed by atoms with E-state index in [1.165, 1.54) is 5.52 Å². The van der Waals surface area contributed by atoms with Crippen LogP contribution in [0, 0.1) is 6.92 Å². The van der Waals surface area contributed by atoms with Gasteiger partial charge in [-0.2, -0.15) is 0 Å². The first-order valence-corrected chi connectivity index (χ1v) is 6.90. The highest BCUT2D eigenvalue weighted by atomic mass is 15.4. The van der Waals surface area contributed by atoms with Gasteiger partial charge < -0.3 is 0 Å². The van der Waals surface area contributed by atoms with E-state index >= 15 is 0 Å². The van der Waals surface area contributed by atoms with E-state index in [-0.39, 0.29) is 0 Å². The molecule has 0 saturated heterocycles. The molecule has 3 heteroatoms. The molecule has 2 aromatic carbocycles. The molecule has 0 amide bonds. The molecule has 0 aliphatic heterocycles. The van der Waals surface area contributed by atoms with Crippen LogP contribution < -0.4 is 4.57 Å². The fraction of sp³-hybridized carbons (Fsp3) is 0.176. The molecule has 0 unspecified atom stereocenters. The van der Waals surface area contributed by atoms with Crippen LogP contribution >= 0.6 is 0 Å². The van der Waals surface area contributed by atoms with Crippen LogP contribution in [0.5, 0.6) is 0 Å². The van der Waals surface area contributed by atoms with Crippen LogP contribution in [0.2, 0.25) is 0 Å². The fourth-order valence-electron chi connectivity index (χ4n) is 2.54. The fourth-order valence-corrected chi connectivity index (χ4v) is 2.54. The Bertz CT molecular complexity index is 755. The van der Waals surface area contributed by atoms with Crippen LogP contribution in [-0.4, -0.2) is 10.9 Å². The van der Waals surface area contributed by atoms with E-state index in [4.69, 9.17) is 0 Å². The molecule has 1 heterocycles. The molecule has 1 aromatic heterocycles. The molecule has 0 spiro atoms. The first-order valence-electron chi connectivity index (χ1n) is 6.90. The number of rotatable bonds is 3. The molecule has 0 atom stereocenters. The molecule has 3 rings (SSSR count). The van der Waals surface area contributed by atoms with Crippen LogP contribution in [0.25, 0.3) is 11.0 Å². The van der Waals surface area contributed by atoms with Gasteiger partial charge >= 0.3 is 0 Å². The molecule has 3 nitrogen and oxygen atoms in total. The number of aromatic nitrogens is 2. The summed E-state index contributed by atoms with van der Waals surface area (Å²) in [6, 6.07) is 18.5. The molecular formula is C17H18N3+. The Morgan fingerprint density at radius 1 is 1.05 bits per heavy atom. The van der Waals surface area contributed by atoms with Gasteiger partial charge in [0.25, 0.3) is 5.82 Å². The maximum absolute atomic E-state index is 4.64. The second kappa shape index (κ2) is 5.29. The predicted octanol–water partition coefficient (Wildman–Crippen LogP) is 3.14. The van der Waals surface area contributed by atoms with Crippen molar-refractivity contribution in [3.8, 4) is 0 Å². The van der Waals surface area contributed by atoms with Crippen molar-refractivity contribution < 1.29 is 4.57 Å². The zero-order valence-electron chi connectivity index (χ0n) is 11.8. The molecule has 20 heavy (non-hydrogen) atoms. The van der Waals surface area contributed by atoms with E-state index in [1.54, 1.807) is 0 Å². The van der Waals surface area contributed by atoms with E-state index in [1.807, 2.05) is 29.1 Å². The molecule has 100 valence electrons. The quantitative estimate of drug-likeness (QED) is 0.512. The zero-order valence-corrected chi connectivity index (χ0v) is 11.8. The van der Waals surface area contributed by atoms with Crippen LogP contribution in [-0.2, 0) is 6.54 Å². The monoisotopic (exact) mass is 264 g/mol. The standard InChI is InChI=1S/C17H18N3/c1-3-19-14(2)20(17-12-8-7-11-16(17)19)18-13-15-9-5-4-6-10-15/h4-13H,3H2,1-2H3/q+1/b18-13+. The predicted molar refractivity (Wildman–Crippen MR) is 82.0 cm³/mol. The van der Waals surface area contributed by atoms with Gasteiger partial charge in [0.15, 0.2) is 5.52 Å². The summed E-state index contributed by atoms with van der Waals surface area (Å²) in [5, 5.41) is 4.64. The minimum atomic E-state index is 0.945. The third-order valence-electron chi connectivity index (χ3n) is 3.54. The van der Waals surface area contributed by atoms with E-state index in [0.717, 1.165) is 23.4 Å². The van der Waals surface area contributed by atoms with Crippen LogP contribution in [0.4, 0.5) is 0 Å². The molecule has 0 aliphatic rings. The number of fused-ring (bicyclic) bond motifs is 1. The largest absolute Gasteiger partial charge is 0.280 e. The SMILES string of the molecule is CC[n+]1c(C)n(/N=C/c2ccccc2)c2ccccc21. The summed E-state index contributed by atoms with van der Waals surface area (Å²) in [4.78, 5) is 0. The van der Waals surface area contributed by atoms with Crippen molar-refractivity contribution >= 4 is 17.2 Å². The Balaban J connectivity index is 2.12. The molecule has 0 radical (unpaired) electrons. The highest BCUT2D eigenvalue weighted by Crippen LogP contribution is 2.13. The second-order valence-corrected chi connectivity index (χ2v) is 4.75. The van der Waals surface area contributed by atoms with Crippen molar-refractivity contribution in [2.24, 2.45) is 5.10 Å². The third-order valence-corrected chi connectivity index (χ3v) is 3.54. The maximum atomic E-state index is 4.64. The van der Waals surface area contributed by atoms with Gasteiger partial charge in [-0.3, -0.25) is 0 Å². The van der Waals surface area contributed by atoms with Crippen molar-refractivity contribution in [2.75, 3.05) is 0 Å². The Morgan fingerprint density at radius 3 is 2.50 bits per heavy atom. The average Bonchev–Trinajstić information content (AvgIpc) is 2.77. The molecule has 0 saturated carbocycles. The summed E-state index contributed by atoms with van der Waals surface area (Å²) in [5.74, 6) is 1.14. The number of para-hydroxylation sites is 2. The number of aryl methyl sites for hydroxylation is 1. The average molecular weight is 264 g/mol. The van der Waals surface area contributed by atoms with Gasteiger partial charge in [-0.25, -0.2) is 4.57 Å². The number of hydrogen-bond acceptors (Lipinski definition) is 1. The Hall–Kier alpha value is -2.42. The summed E-state index contributed by atoms with van der Waals surface area (Å²) < 4.78 is 4.28. The van der Waals surface area contributed by atoms with Crippen molar-refractivity contribution in [1.82, 2.24) is 4.68 Å². The Labute approximate surface area is 118 Å². The van der Waals surface area contributed by atoms with Crippen molar-refractivity contribution in [2.45, 2.75) is 20.4 Å². The molecule has 0 bridgehead atoms. The van der Waals surface area contributed by atoms with Gasteiger partial charge in [-0.1, -0.05) is 52.2 Å². The Morgan fingerprint density at radius 2 is 1.75 bits per heavy atom. The lowest BCUT2D eigenvalue weighted by molar-refractivity contribution is -0.674. The van der Waals surface area contributed by atoms with Gasteiger partial charge in [0, 0.05) is 6.92 Å². The van der Waals surface area contributed by atoms with Gasteiger partial charge in [0.2, 0.25) is 5.52 Å². The molecule has 0 N–H and O–H groups in total. The third kappa shape index (κ3) is 2.11. The zero-order chi connectivity index (χ0) is 13.9. The van der Waals surface area contributed by atoms with Crippen molar-refractivity contribution in [3.05, 3.63) is 66.0 Å². The number of hydrogen-bond donors (Lipinski definition) is 0. The van der Waals surface area contributed by atoms with Gasteiger partial charge in [-0.15, -0.1) is 0 Å². The smallest absolute Gasteiger partial charge is 0.226 e. The van der Waals surface area contributed by atoms with Crippen LogP contribution in [0.15, 0.2) is 59.7 Å². The lowest BCUT2D eigenvalue weighted by atomic mass is 10.2. The maximum Gasteiger partial charge on any atom is 0.280 e. The van der Waals surface area contributed by atoms with E-state index in [2.05, 4.69) is 59.9 Å². The highest BCUT2D eigenvalue weighted by Gasteiger charge is 2.19. The topological polar surface area (TPSA) is 21.2 Å². The van der Waals surface area contributed by atoms with Crippen molar-refractivity contribution in [1.29, 1.82) is 0 Å². The lowest BCUT2D eigenvalue weighted by Gasteiger charge is -1.93. The minimum absolute atomic E-state index is 0.945. The molecule has 0 fully saturated rings. The Kier molecular flexibility index (Phi) is 3.33. The first kappa shape index (κ1) is 12.6. The van der Waals surface area contributed by atoms with Crippen LogP contribution in [0.3, 0.4) is 0 Å². The highest BCUT2D eigenvalue weighted by molar-refractivity contribution is 5.80. The normalized spacial score (nSPS) is 11.5. The van der Waals surface area contributed by atoms with E-state index in [9.17, 15) is 0 Å². The number of benzene rings is 2. The summed E-state index contributed by atoms with van der Waals surface area (Å²) in [7, 11) is 0. The molecule has 3 aromatic rings. The summed E-state index contributed by atoms with van der Waals surface area (Å²) in [6.07, 6.45) is 1.90. The van der Waals surface area contributed by atoms with Gasteiger partial charge in [0.05, 0.1) is 12.8 Å². The summed E-state index contributed by atoms with van der Waals surface area (Å²) >= 11 is 0. The van der Waals surface area contributed by atoms with Crippen LogP contribution in [0.1, 0.15) is 18.3 Å². The van der Waals surface area contributed by atoms with Gasteiger partial charge in [0.1, 0.15) is 0 Å². The number of imidazole rings is 1. The second-order valence-electron chi connectivity index (χ2n) is 4.75.